The molecule has 18 heteroatoms. The average Bonchev–Trinajstić information content (AvgIpc) is 3.56. The number of benzene rings is 3. The molecular weight excluding hydrogens is 873 g/mol. The number of fused-ring (bicyclic) bond motifs is 2. The Labute approximate surface area is 384 Å². The second-order valence-electron chi connectivity index (χ2n) is 16.3. The number of ketones is 1. The number of para-hydroxylation sites is 2. The molecule has 66 heavy (non-hydrogen) atoms. The minimum Gasteiger partial charge on any atom is -0.507 e. The minimum absolute atomic E-state index is 0.0285. The molecule has 0 radical (unpaired) electrons. The van der Waals surface area contributed by atoms with Crippen molar-refractivity contribution >= 4 is 63.1 Å². The first-order valence-corrected chi connectivity index (χ1v) is 22.8. The number of rotatable bonds is 23. The third kappa shape index (κ3) is 11.9. The van der Waals surface area contributed by atoms with E-state index in [1.165, 1.54) is 48.2 Å². The Hall–Kier alpha value is -6.34. The molecule has 0 aliphatic carbocycles. The SMILES string of the molecule is CC(C)N[C@@H](CSC1CC(=O)N(CCC(=O)NCCOCCOCCNC(=O)c2ccc(C(c3c(O)c4ccccc4oc3=O)c3c(O)c4ccccc4oc3=O)cc2)C1=O)C(=O)C(C)C. The molecule has 0 spiro atoms. The van der Waals surface area contributed by atoms with Gasteiger partial charge in [0.25, 0.3) is 5.91 Å². The van der Waals surface area contributed by atoms with E-state index in [1.807, 2.05) is 27.7 Å². The van der Waals surface area contributed by atoms with Crippen LogP contribution in [0.4, 0.5) is 0 Å². The molecule has 350 valence electrons. The maximum Gasteiger partial charge on any atom is 0.344 e. The van der Waals surface area contributed by atoms with Crippen molar-refractivity contribution in [1.82, 2.24) is 20.9 Å². The molecule has 3 aromatic carbocycles. The lowest BCUT2D eigenvalue weighted by Gasteiger charge is -2.22. The van der Waals surface area contributed by atoms with E-state index in [9.17, 15) is 43.8 Å². The highest BCUT2D eigenvalue weighted by molar-refractivity contribution is 8.00. The van der Waals surface area contributed by atoms with Gasteiger partial charge >= 0.3 is 11.3 Å². The average molecular weight is 927 g/mol. The smallest absolute Gasteiger partial charge is 0.344 e. The topological polar surface area (TPSA) is 244 Å². The second kappa shape index (κ2) is 22.7. The molecule has 5 aromatic rings. The molecule has 1 unspecified atom stereocenters. The zero-order chi connectivity index (χ0) is 47.5. The highest BCUT2D eigenvalue weighted by atomic mass is 32.2. The van der Waals surface area contributed by atoms with Crippen molar-refractivity contribution in [3.05, 3.63) is 116 Å². The summed E-state index contributed by atoms with van der Waals surface area (Å²) in [5.41, 5.74) is -1.69. The maximum absolute atomic E-state index is 13.5. The van der Waals surface area contributed by atoms with E-state index in [4.69, 9.17) is 18.3 Å². The van der Waals surface area contributed by atoms with Crippen LogP contribution in [0.3, 0.4) is 0 Å². The summed E-state index contributed by atoms with van der Waals surface area (Å²) in [4.78, 5) is 91.7. The predicted octanol–water partition coefficient (Wildman–Crippen LogP) is 4.21. The molecule has 4 amide bonds. The van der Waals surface area contributed by atoms with Gasteiger partial charge in [-0.05, 0) is 42.0 Å². The zero-order valence-corrected chi connectivity index (χ0v) is 37.9. The van der Waals surface area contributed by atoms with Crippen LogP contribution < -0.4 is 27.2 Å². The van der Waals surface area contributed by atoms with Gasteiger partial charge in [-0.15, -0.1) is 11.8 Å². The van der Waals surface area contributed by atoms with E-state index >= 15 is 0 Å². The van der Waals surface area contributed by atoms with Crippen LogP contribution in [0, 0.1) is 5.92 Å². The van der Waals surface area contributed by atoms with Crippen LogP contribution in [-0.4, -0.2) is 114 Å². The van der Waals surface area contributed by atoms with Crippen molar-refractivity contribution in [3.8, 4) is 11.5 Å². The van der Waals surface area contributed by atoms with Gasteiger partial charge in [0.05, 0.1) is 65.5 Å². The summed E-state index contributed by atoms with van der Waals surface area (Å²) in [5.74, 6) is -3.45. The summed E-state index contributed by atoms with van der Waals surface area (Å²) >= 11 is 1.29. The fourth-order valence-electron chi connectivity index (χ4n) is 7.58. The Balaban J connectivity index is 0.920. The largest absolute Gasteiger partial charge is 0.507 e. The number of thioether (sulfide) groups is 1. The highest BCUT2D eigenvalue weighted by Gasteiger charge is 2.40. The van der Waals surface area contributed by atoms with Gasteiger partial charge in [0, 0.05) is 55.8 Å². The normalized spacial score (nSPS) is 14.5. The zero-order valence-electron chi connectivity index (χ0n) is 37.1. The van der Waals surface area contributed by atoms with Crippen LogP contribution in [0.1, 0.15) is 73.5 Å². The first-order chi connectivity index (χ1) is 31.7. The van der Waals surface area contributed by atoms with Gasteiger partial charge in [0.15, 0.2) is 5.78 Å². The molecule has 2 atom stereocenters. The summed E-state index contributed by atoms with van der Waals surface area (Å²) in [6.45, 7) is 8.66. The van der Waals surface area contributed by atoms with Gasteiger partial charge < -0.3 is 44.5 Å². The monoisotopic (exact) mass is 926 g/mol. The number of carbonyl (C=O) groups excluding carboxylic acids is 5. The predicted molar refractivity (Wildman–Crippen MR) is 247 cm³/mol. The number of nitrogens with one attached hydrogen (secondary N) is 3. The second-order valence-corrected chi connectivity index (χ2v) is 17.5. The summed E-state index contributed by atoms with van der Waals surface area (Å²) in [6, 6.07) is 18.3. The van der Waals surface area contributed by atoms with Crippen molar-refractivity contribution in [3.63, 3.8) is 0 Å². The van der Waals surface area contributed by atoms with E-state index < -0.39 is 45.9 Å². The number of carbonyl (C=O) groups is 5. The van der Waals surface area contributed by atoms with Gasteiger partial charge in [-0.25, -0.2) is 9.59 Å². The maximum atomic E-state index is 13.5. The Bertz CT molecular complexity index is 2580. The molecule has 0 saturated carbocycles. The van der Waals surface area contributed by atoms with E-state index in [2.05, 4.69) is 16.0 Å². The molecular formula is C48H54N4O13S. The van der Waals surface area contributed by atoms with E-state index in [1.54, 1.807) is 36.4 Å². The van der Waals surface area contributed by atoms with Gasteiger partial charge in [-0.3, -0.25) is 28.9 Å². The van der Waals surface area contributed by atoms with Crippen molar-refractivity contribution in [2.24, 2.45) is 5.92 Å². The van der Waals surface area contributed by atoms with Gasteiger partial charge in [-0.2, -0.15) is 0 Å². The Kier molecular flexibility index (Phi) is 16.9. The number of nitrogens with zero attached hydrogens (tertiary/aromatic N) is 1. The summed E-state index contributed by atoms with van der Waals surface area (Å²) in [6.07, 6.45) is -0.0259. The van der Waals surface area contributed by atoms with Crippen molar-refractivity contribution in [2.75, 3.05) is 51.8 Å². The molecule has 0 bridgehead atoms. The Morgan fingerprint density at radius 1 is 0.758 bits per heavy atom. The molecule has 1 saturated heterocycles. The molecule has 1 aliphatic heterocycles. The van der Waals surface area contributed by atoms with E-state index in [0.717, 1.165) is 4.90 Å². The van der Waals surface area contributed by atoms with Crippen LogP contribution in [0.2, 0.25) is 0 Å². The van der Waals surface area contributed by atoms with Crippen LogP contribution in [0.5, 0.6) is 11.5 Å². The van der Waals surface area contributed by atoms with Crippen LogP contribution in [-0.2, 0) is 28.7 Å². The van der Waals surface area contributed by atoms with Crippen LogP contribution in [0.15, 0.2) is 91.2 Å². The molecule has 1 fully saturated rings. The number of ether oxygens (including phenoxy) is 2. The van der Waals surface area contributed by atoms with Crippen molar-refractivity contribution in [1.29, 1.82) is 0 Å². The van der Waals surface area contributed by atoms with E-state index in [0.29, 0.717) is 5.75 Å². The Morgan fingerprint density at radius 2 is 1.30 bits per heavy atom. The quantitative estimate of drug-likeness (QED) is 0.0350. The number of hydrogen-bond acceptors (Lipinski definition) is 15. The number of likely N-dealkylation sites (tertiary alicyclic amines) is 1. The molecule has 2 aromatic heterocycles. The lowest BCUT2D eigenvalue weighted by molar-refractivity contribution is -0.138. The summed E-state index contributed by atoms with van der Waals surface area (Å²) in [7, 11) is 0. The third-order valence-electron chi connectivity index (χ3n) is 10.9. The van der Waals surface area contributed by atoms with Crippen molar-refractivity contribution < 1.29 is 52.5 Å². The molecule has 5 N–H and O–H groups in total. The fourth-order valence-corrected chi connectivity index (χ4v) is 8.80. The first kappa shape index (κ1) is 49.1. The van der Waals surface area contributed by atoms with Gasteiger partial charge in [0.1, 0.15) is 22.7 Å². The number of amides is 4. The number of hydrogen-bond donors (Lipinski definition) is 5. The number of aromatic hydroxyl groups is 2. The van der Waals surface area contributed by atoms with Gasteiger partial charge in [0.2, 0.25) is 17.7 Å². The lowest BCUT2D eigenvalue weighted by atomic mass is 9.84. The third-order valence-corrected chi connectivity index (χ3v) is 12.2. The van der Waals surface area contributed by atoms with E-state index in [-0.39, 0.29) is 139 Å². The summed E-state index contributed by atoms with van der Waals surface area (Å²) < 4.78 is 22.1. The standard InChI is InChI=1S/C48H54N4O13S/c1-27(2)42(55)33(51-28(3)4)26-66-36-25-38(54)52(46(36)59)20-17-37(53)49-18-21-62-23-24-63-22-19-50-45(58)30-15-13-29(14-16-30)39(40-43(56)31-9-5-7-11-34(31)64-47(40)60)41-44(57)32-10-6-8-12-35(32)65-48(41)61/h5-16,27-28,33,36,39,51,56-57H,17-26H2,1-4H3,(H,49,53)(H,50,58)/t33-,36?/m0/s1. The van der Waals surface area contributed by atoms with Crippen LogP contribution >= 0.6 is 11.8 Å². The highest BCUT2D eigenvalue weighted by Crippen LogP contribution is 2.42. The minimum atomic E-state index is -1.35. The number of imide groups is 1. The van der Waals surface area contributed by atoms with Gasteiger partial charge in [-0.1, -0.05) is 64.1 Å². The van der Waals surface area contributed by atoms with Crippen molar-refractivity contribution in [2.45, 2.75) is 63.8 Å². The van der Waals surface area contributed by atoms with Crippen LogP contribution in [0.25, 0.3) is 21.9 Å². The lowest BCUT2D eigenvalue weighted by Crippen LogP contribution is -2.45. The molecule has 3 heterocycles. The number of Topliss-reactive ketones (excluding diaryl/α,β-unsaturated/α-hetero) is 1. The first-order valence-electron chi connectivity index (χ1n) is 21.7. The Morgan fingerprint density at radius 3 is 1.85 bits per heavy atom. The molecule has 6 rings (SSSR count). The molecule has 1 aliphatic rings. The fraction of sp³-hybridized carbons (Fsp3) is 0.396. The molecule has 17 nitrogen and oxygen atoms in total. The summed E-state index contributed by atoms with van der Waals surface area (Å²) in [5, 5.41) is 31.4.